The van der Waals surface area contributed by atoms with E-state index in [1.165, 1.54) is 19.2 Å². The van der Waals surface area contributed by atoms with E-state index in [1.54, 1.807) is 6.92 Å². The molecule has 0 aliphatic rings. The van der Waals surface area contributed by atoms with Crippen LogP contribution in [0.4, 0.5) is 0 Å². The summed E-state index contributed by atoms with van der Waals surface area (Å²) in [6.45, 7) is 1.62. The van der Waals surface area contributed by atoms with Gasteiger partial charge in [-0.1, -0.05) is 0 Å². The van der Waals surface area contributed by atoms with Crippen LogP contribution in [0.15, 0.2) is 12.1 Å². The summed E-state index contributed by atoms with van der Waals surface area (Å²) in [6, 6.07) is 2.74. The third-order valence-electron chi connectivity index (χ3n) is 1.90. The van der Waals surface area contributed by atoms with E-state index in [9.17, 15) is 9.59 Å². The summed E-state index contributed by atoms with van der Waals surface area (Å²) in [5.41, 5.74) is 0.274. The largest absolute Gasteiger partial charge is 0.495 e. The molecule has 5 nitrogen and oxygen atoms in total. The van der Waals surface area contributed by atoms with Crippen LogP contribution in [0.25, 0.3) is 0 Å². The third-order valence-corrected chi connectivity index (χ3v) is 1.90. The van der Waals surface area contributed by atoms with Crippen LogP contribution in [-0.2, 0) is 0 Å². The zero-order chi connectivity index (χ0) is 11.6. The standard InChI is InChI=1S/C10H10O5/c1-5-3-6(9(11)12)8(15-2)7(4-5)10(13)14/h3-4H,1-2H3,(H,11,12)(H,13,14). The van der Waals surface area contributed by atoms with Gasteiger partial charge >= 0.3 is 11.9 Å². The highest BCUT2D eigenvalue weighted by Gasteiger charge is 2.19. The van der Waals surface area contributed by atoms with Crippen molar-refractivity contribution in [1.82, 2.24) is 0 Å². The molecule has 0 fully saturated rings. The predicted octanol–water partition coefficient (Wildman–Crippen LogP) is 1.40. The van der Waals surface area contributed by atoms with Crippen molar-refractivity contribution in [2.45, 2.75) is 6.92 Å². The zero-order valence-corrected chi connectivity index (χ0v) is 8.27. The monoisotopic (exact) mass is 210 g/mol. The van der Waals surface area contributed by atoms with E-state index in [2.05, 4.69) is 0 Å². The van der Waals surface area contributed by atoms with E-state index in [1.807, 2.05) is 0 Å². The van der Waals surface area contributed by atoms with Crippen molar-refractivity contribution in [2.24, 2.45) is 0 Å². The number of carboxylic acids is 2. The summed E-state index contributed by atoms with van der Waals surface area (Å²) >= 11 is 0. The molecule has 1 rings (SSSR count). The van der Waals surface area contributed by atoms with Crippen LogP contribution >= 0.6 is 0 Å². The first kappa shape index (κ1) is 11.0. The van der Waals surface area contributed by atoms with Gasteiger partial charge in [0.15, 0.2) is 0 Å². The van der Waals surface area contributed by atoms with E-state index < -0.39 is 11.9 Å². The first-order chi connectivity index (χ1) is 6.97. The number of methoxy groups -OCH3 is 1. The molecule has 0 saturated carbocycles. The SMILES string of the molecule is COc1c(C(=O)O)cc(C)cc1C(=O)O. The Kier molecular flexibility index (Phi) is 2.94. The van der Waals surface area contributed by atoms with Gasteiger partial charge in [-0.15, -0.1) is 0 Å². The Labute approximate surface area is 85.9 Å². The van der Waals surface area contributed by atoms with Gasteiger partial charge < -0.3 is 14.9 Å². The fraction of sp³-hybridized carbons (Fsp3) is 0.200. The molecule has 80 valence electrons. The smallest absolute Gasteiger partial charge is 0.339 e. The Hall–Kier alpha value is -2.04. The van der Waals surface area contributed by atoms with E-state index >= 15 is 0 Å². The highest BCUT2D eigenvalue weighted by Crippen LogP contribution is 2.25. The number of hydrogen-bond donors (Lipinski definition) is 2. The van der Waals surface area contributed by atoms with Gasteiger partial charge in [-0.2, -0.15) is 0 Å². The number of rotatable bonds is 3. The molecule has 1 aromatic carbocycles. The normalized spacial score (nSPS) is 9.73. The van der Waals surface area contributed by atoms with Crippen LogP contribution in [0.5, 0.6) is 5.75 Å². The second kappa shape index (κ2) is 4.00. The molecule has 0 spiro atoms. The van der Waals surface area contributed by atoms with E-state index in [4.69, 9.17) is 14.9 Å². The van der Waals surface area contributed by atoms with E-state index in [-0.39, 0.29) is 16.9 Å². The van der Waals surface area contributed by atoms with Crippen molar-refractivity contribution in [2.75, 3.05) is 7.11 Å². The van der Waals surface area contributed by atoms with Crippen LogP contribution in [-0.4, -0.2) is 29.3 Å². The molecule has 0 radical (unpaired) electrons. The highest BCUT2D eigenvalue weighted by atomic mass is 16.5. The maximum atomic E-state index is 10.8. The highest BCUT2D eigenvalue weighted by molar-refractivity contribution is 5.99. The molecule has 2 N–H and O–H groups in total. The lowest BCUT2D eigenvalue weighted by atomic mass is 10.0. The zero-order valence-electron chi connectivity index (χ0n) is 8.27. The van der Waals surface area contributed by atoms with Crippen molar-refractivity contribution >= 4 is 11.9 Å². The van der Waals surface area contributed by atoms with Crippen molar-refractivity contribution in [1.29, 1.82) is 0 Å². The average molecular weight is 210 g/mol. The average Bonchev–Trinajstić information content (AvgIpc) is 2.16. The Morgan fingerprint density at radius 3 is 1.80 bits per heavy atom. The van der Waals surface area contributed by atoms with Gasteiger partial charge in [0, 0.05) is 0 Å². The Balaban J connectivity index is 3.52. The summed E-state index contributed by atoms with van der Waals surface area (Å²) in [6.07, 6.45) is 0. The minimum absolute atomic E-state index is 0.124. The fourth-order valence-electron chi connectivity index (χ4n) is 1.31. The summed E-state index contributed by atoms with van der Waals surface area (Å²) in [7, 11) is 1.24. The molecule has 1 aromatic rings. The lowest BCUT2D eigenvalue weighted by molar-refractivity contribution is 0.0690. The first-order valence-electron chi connectivity index (χ1n) is 4.12. The molecule has 0 aromatic heterocycles. The van der Waals surface area contributed by atoms with Crippen LogP contribution in [0, 0.1) is 6.92 Å². The number of ether oxygens (including phenoxy) is 1. The van der Waals surface area contributed by atoms with Crippen LogP contribution < -0.4 is 4.74 Å². The molecule has 0 unspecified atom stereocenters. The minimum Gasteiger partial charge on any atom is -0.495 e. The topological polar surface area (TPSA) is 83.8 Å². The molecule has 15 heavy (non-hydrogen) atoms. The maximum absolute atomic E-state index is 10.8. The number of benzene rings is 1. The van der Waals surface area contributed by atoms with Crippen molar-refractivity contribution < 1.29 is 24.5 Å². The van der Waals surface area contributed by atoms with E-state index in [0.29, 0.717) is 5.56 Å². The summed E-state index contributed by atoms with van der Waals surface area (Å²) in [4.78, 5) is 21.7. The molecule has 0 heterocycles. The molecule has 0 bridgehead atoms. The lowest BCUT2D eigenvalue weighted by Crippen LogP contribution is -2.08. The summed E-state index contributed by atoms with van der Waals surface area (Å²) in [5, 5.41) is 17.7. The Morgan fingerprint density at radius 1 is 1.13 bits per heavy atom. The van der Waals surface area contributed by atoms with Gasteiger partial charge in [0.25, 0.3) is 0 Å². The fourth-order valence-corrected chi connectivity index (χ4v) is 1.31. The summed E-state index contributed by atoms with van der Waals surface area (Å²) in [5.74, 6) is -2.54. The van der Waals surface area contributed by atoms with Crippen molar-refractivity contribution in [3.63, 3.8) is 0 Å². The number of hydrogen-bond acceptors (Lipinski definition) is 3. The number of carboxylic acid groups (broad SMARTS) is 2. The first-order valence-corrected chi connectivity index (χ1v) is 4.12. The van der Waals surface area contributed by atoms with Gasteiger partial charge in [-0.3, -0.25) is 0 Å². The Bertz CT molecular complexity index is 387. The van der Waals surface area contributed by atoms with Crippen molar-refractivity contribution in [3.05, 3.63) is 28.8 Å². The predicted molar refractivity (Wildman–Crippen MR) is 51.6 cm³/mol. The molecule has 0 atom stereocenters. The maximum Gasteiger partial charge on any atom is 0.339 e. The lowest BCUT2D eigenvalue weighted by Gasteiger charge is -2.09. The molecule has 5 heteroatoms. The summed E-state index contributed by atoms with van der Waals surface area (Å²) < 4.78 is 4.79. The van der Waals surface area contributed by atoms with Gasteiger partial charge in [0.2, 0.25) is 0 Å². The number of aryl methyl sites for hydroxylation is 1. The van der Waals surface area contributed by atoms with Gasteiger partial charge in [0.05, 0.1) is 7.11 Å². The Morgan fingerprint density at radius 2 is 1.53 bits per heavy atom. The van der Waals surface area contributed by atoms with Gasteiger partial charge in [0.1, 0.15) is 16.9 Å². The molecular formula is C10H10O5. The molecule has 0 aliphatic carbocycles. The van der Waals surface area contributed by atoms with Gasteiger partial charge in [-0.05, 0) is 24.6 Å². The van der Waals surface area contributed by atoms with Crippen LogP contribution in [0.2, 0.25) is 0 Å². The number of carbonyl (C=O) groups is 2. The second-order valence-corrected chi connectivity index (χ2v) is 3.00. The molecule has 0 amide bonds. The number of aromatic carboxylic acids is 2. The third kappa shape index (κ3) is 2.07. The van der Waals surface area contributed by atoms with Crippen molar-refractivity contribution in [3.8, 4) is 5.75 Å². The minimum atomic E-state index is -1.21. The molecule has 0 saturated heterocycles. The second-order valence-electron chi connectivity index (χ2n) is 3.00. The van der Waals surface area contributed by atoms with Gasteiger partial charge in [-0.25, -0.2) is 9.59 Å². The van der Waals surface area contributed by atoms with Crippen LogP contribution in [0.3, 0.4) is 0 Å². The van der Waals surface area contributed by atoms with Crippen LogP contribution in [0.1, 0.15) is 26.3 Å². The van der Waals surface area contributed by atoms with E-state index in [0.717, 1.165) is 0 Å². The quantitative estimate of drug-likeness (QED) is 0.787. The molecule has 0 aliphatic heterocycles. The molecular weight excluding hydrogens is 200 g/mol.